The second-order valence-electron chi connectivity index (χ2n) is 3.51. The van der Waals surface area contributed by atoms with Crippen molar-refractivity contribution in [1.82, 2.24) is 15.5 Å². The number of piperazine rings is 1. The Hall–Kier alpha value is -0.610. The molecule has 0 radical (unpaired) electrons. The lowest BCUT2D eigenvalue weighted by Gasteiger charge is -2.21. The normalized spacial score (nSPS) is 23.3. The number of carbonyl (C=O) groups is 1. The van der Waals surface area contributed by atoms with Crippen LogP contribution >= 0.6 is 0 Å². The first kappa shape index (κ1) is 10.5. The summed E-state index contributed by atoms with van der Waals surface area (Å²) in [5.41, 5.74) is 0. The van der Waals surface area contributed by atoms with Crippen LogP contribution in [0.5, 0.6) is 0 Å². The van der Waals surface area contributed by atoms with Gasteiger partial charge in [0.15, 0.2) is 0 Å². The molecule has 2 heterocycles. The Labute approximate surface area is 79.7 Å². The van der Waals surface area contributed by atoms with Crippen molar-refractivity contribution in [2.45, 2.75) is 12.8 Å². The molecule has 1 amide bonds. The van der Waals surface area contributed by atoms with Crippen LogP contribution in [0.15, 0.2) is 0 Å². The summed E-state index contributed by atoms with van der Waals surface area (Å²) in [7, 11) is 2.15. The number of likely N-dealkylation sites (N-methyl/N-ethyl adjacent to an activating group) is 1. The minimum absolute atomic E-state index is 0.204. The standard InChI is InChI=1S/C5H12N2.C4H7NO/c1-7-4-2-6-3-5-7;6-4-2-1-3-5-4/h6H,2-5H2,1H3;1-3H2,(H,5,6). The van der Waals surface area contributed by atoms with E-state index >= 15 is 0 Å². The molecule has 0 atom stereocenters. The number of hydrogen-bond donors (Lipinski definition) is 2. The molecule has 4 heteroatoms. The largest absolute Gasteiger partial charge is 0.356 e. The van der Waals surface area contributed by atoms with Gasteiger partial charge >= 0.3 is 0 Å². The first-order valence-electron chi connectivity index (χ1n) is 4.95. The molecule has 2 aliphatic rings. The molecule has 0 aromatic carbocycles. The topological polar surface area (TPSA) is 44.4 Å². The van der Waals surface area contributed by atoms with Gasteiger partial charge in [-0.05, 0) is 13.5 Å². The first-order valence-corrected chi connectivity index (χ1v) is 4.95. The minimum Gasteiger partial charge on any atom is -0.356 e. The van der Waals surface area contributed by atoms with Crippen LogP contribution in [0.2, 0.25) is 0 Å². The zero-order valence-electron chi connectivity index (χ0n) is 8.31. The molecule has 4 nitrogen and oxygen atoms in total. The maximum absolute atomic E-state index is 10.1. The smallest absolute Gasteiger partial charge is 0.220 e. The van der Waals surface area contributed by atoms with E-state index in [1.165, 1.54) is 13.1 Å². The Bertz CT molecular complexity index is 147. The van der Waals surface area contributed by atoms with Crippen LogP contribution in [0.3, 0.4) is 0 Å². The second kappa shape index (κ2) is 5.94. The van der Waals surface area contributed by atoms with Gasteiger partial charge in [0.2, 0.25) is 5.91 Å². The van der Waals surface area contributed by atoms with E-state index in [9.17, 15) is 4.79 Å². The highest BCUT2D eigenvalue weighted by molar-refractivity contribution is 5.77. The van der Waals surface area contributed by atoms with Crippen molar-refractivity contribution in [3.05, 3.63) is 0 Å². The van der Waals surface area contributed by atoms with Crippen molar-refractivity contribution >= 4 is 5.91 Å². The monoisotopic (exact) mass is 185 g/mol. The maximum Gasteiger partial charge on any atom is 0.220 e. The van der Waals surface area contributed by atoms with Gasteiger partial charge in [0.1, 0.15) is 0 Å². The van der Waals surface area contributed by atoms with Crippen LogP contribution in [0.25, 0.3) is 0 Å². The van der Waals surface area contributed by atoms with Crippen LogP contribution in [-0.2, 0) is 4.79 Å². The molecule has 13 heavy (non-hydrogen) atoms. The lowest BCUT2D eigenvalue weighted by molar-refractivity contribution is -0.119. The number of carbonyl (C=O) groups excluding carboxylic acids is 1. The van der Waals surface area contributed by atoms with Gasteiger partial charge in [-0.25, -0.2) is 0 Å². The van der Waals surface area contributed by atoms with Crippen LogP contribution < -0.4 is 10.6 Å². The van der Waals surface area contributed by atoms with Crippen molar-refractivity contribution in [2.75, 3.05) is 39.8 Å². The Balaban J connectivity index is 0.000000132. The number of amides is 1. The van der Waals surface area contributed by atoms with E-state index in [0.29, 0.717) is 0 Å². The SMILES string of the molecule is CN1CCNCC1.O=C1CCCN1. The highest BCUT2D eigenvalue weighted by atomic mass is 16.1. The molecular weight excluding hydrogens is 166 g/mol. The van der Waals surface area contributed by atoms with Crippen LogP contribution in [0, 0.1) is 0 Å². The van der Waals surface area contributed by atoms with Gasteiger partial charge in [-0.1, -0.05) is 0 Å². The van der Waals surface area contributed by atoms with E-state index in [2.05, 4.69) is 22.6 Å². The fourth-order valence-electron chi connectivity index (χ4n) is 1.34. The van der Waals surface area contributed by atoms with Gasteiger partial charge in [-0.15, -0.1) is 0 Å². The van der Waals surface area contributed by atoms with Crippen molar-refractivity contribution in [3.8, 4) is 0 Å². The zero-order chi connectivity index (χ0) is 9.52. The van der Waals surface area contributed by atoms with E-state index in [1.807, 2.05) is 0 Å². The molecule has 2 fully saturated rings. The highest BCUT2D eigenvalue weighted by Gasteiger charge is 2.05. The van der Waals surface area contributed by atoms with E-state index < -0.39 is 0 Å². The van der Waals surface area contributed by atoms with Gasteiger partial charge in [0.25, 0.3) is 0 Å². The zero-order valence-corrected chi connectivity index (χ0v) is 8.31. The van der Waals surface area contributed by atoms with Crippen molar-refractivity contribution in [2.24, 2.45) is 0 Å². The first-order chi connectivity index (χ1) is 6.29. The highest BCUT2D eigenvalue weighted by Crippen LogP contribution is 1.93. The van der Waals surface area contributed by atoms with Gasteiger partial charge in [0.05, 0.1) is 0 Å². The number of hydrogen-bond acceptors (Lipinski definition) is 3. The van der Waals surface area contributed by atoms with E-state index in [4.69, 9.17) is 0 Å². The van der Waals surface area contributed by atoms with E-state index in [-0.39, 0.29) is 5.91 Å². The van der Waals surface area contributed by atoms with Crippen molar-refractivity contribution in [1.29, 1.82) is 0 Å². The molecule has 0 bridgehead atoms. The van der Waals surface area contributed by atoms with Gasteiger partial charge in [-0.2, -0.15) is 0 Å². The summed E-state index contributed by atoms with van der Waals surface area (Å²) in [6.45, 7) is 5.63. The summed E-state index contributed by atoms with van der Waals surface area (Å²) in [6.07, 6.45) is 1.76. The van der Waals surface area contributed by atoms with Crippen LogP contribution in [0.4, 0.5) is 0 Å². The van der Waals surface area contributed by atoms with Gasteiger partial charge < -0.3 is 15.5 Å². The van der Waals surface area contributed by atoms with E-state index in [1.54, 1.807) is 0 Å². The second-order valence-corrected chi connectivity index (χ2v) is 3.51. The maximum atomic E-state index is 10.1. The predicted molar refractivity (Wildman–Crippen MR) is 52.6 cm³/mol. The summed E-state index contributed by atoms with van der Waals surface area (Å²) >= 11 is 0. The summed E-state index contributed by atoms with van der Waals surface area (Å²) < 4.78 is 0. The summed E-state index contributed by atoms with van der Waals surface area (Å²) in [4.78, 5) is 12.5. The van der Waals surface area contributed by atoms with Gasteiger partial charge in [-0.3, -0.25) is 4.79 Å². The fraction of sp³-hybridized carbons (Fsp3) is 0.889. The number of rotatable bonds is 0. The average molecular weight is 185 g/mol. The Morgan fingerprint density at radius 3 is 2.15 bits per heavy atom. The Morgan fingerprint density at radius 2 is 1.92 bits per heavy atom. The summed E-state index contributed by atoms with van der Waals surface area (Å²) in [5.74, 6) is 0.204. The lowest BCUT2D eigenvalue weighted by atomic mass is 10.4. The fourth-order valence-corrected chi connectivity index (χ4v) is 1.34. The molecule has 0 aromatic rings. The third kappa shape index (κ3) is 4.85. The van der Waals surface area contributed by atoms with Crippen molar-refractivity contribution in [3.63, 3.8) is 0 Å². The molecule has 0 aliphatic carbocycles. The minimum atomic E-state index is 0.204. The molecular formula is C9H19N3O. The van der Waals surface area contributed by atoms with Crippen molar-refractivity contribution < 1.29 is 4.79 Å². The molecule has 0 saturated carbocycles. The molecule has 0 aromatic heterocycles. The van der Waals surface area contributed by atoms with Crippen LogP contribution in [0.1, 0.15) is 12.8 Å². The number of nitrogens with one attached hydrogen (secondary N) is 2. The lowest BCUT2D eigenvalue weighted by Crippen LogP contribution is -2.40. The van der Waals surface area contributed by atoms with Crippen LogP contribution in [-0.4, -0.2) is 50.6 Å². The Kier molecular flexibility index (Phi) is 4.78. The molecule has 2 rings (SSSR count). The molecule has 2 saturated heterocycles. The predicted octanol–water partition coefficient (Wildman–Crippen LogP) is -0.582. The molecule has 0 unspecified atom stereocenters. The number of nitrogens with zero attached hydrogens (tertiary/aromatic N) is 1. The average Bonchev–Trinajstić information content (AvgIpc) is 2.58. The summed E-state index contributed by atoms with van der Waals surface area (Å²) in [6, 6.07) is 0. The molecule has 2 aliphatic heterocycles. The summed E-state index contributed by atoms with van der Waals surface area (Å²) in [5, 5.41) is 5.95. The molecule has 2 N–H and O–H groups in total. The molecule has 76 valence electrons. The van der Waals surface area contributed by atoms with Gasteiger partial charge in [0, 0.05) is 39.1 Å². The van der Waals surface area contributed by atoms with E-state index in [0.717, 1.165) is 32.5 Å². The Morgan fingerprint density at radius 1 is 1.23 bits per heavy atom. The third-order valence-electron chi connectivity index (χ3n) is 2.24. The third-order valence-corrected chi connectivity index (χ3v) is 2.24. The quantitative estimate of drug-likeness (QED) is 0.530. The molecule has 0 spiro atoms.